The van der Waals surface area contributed by atoms with Crippen LogP contribution in [-0.4, -0.2) is 66.2 Å². The van der Waals surface area contributed by atoms with Gasteiger partial charge in [-0.05, 0) is 60.5 Å². The Morgan fingerprint density at radius 2 is 1.68 bits per heavy atom. The van der Waals surface area contributed by atoms with Crippen LogP contribution in [0.25, 0.3) is 0 Å². The van der Waals surface area contributed by atoms with Crippen LogP contribution in [0.1, 0.15) is 12.0 Å². The van der Waals surface area contributed by atoms with E-state index in [1.165, 1.54) is 51.4 Å². The molecule has 1 fully saturated rings. The largest absolute Gasteiger partial charge is 0.465 e. The van der Waals surface area contributed by atoms with Gasteiger partial charge in [-0.15, -0.1) is 0 Å². The standard InChI is InChI=1S/C29H27FN6O5/c30-21-6-10-24(11-7-21)41-25-12-8-22(9-13-25)33-28(38)26-14-23(16-36(26)27(37)17-34-19-31-18-32-34)35(29(39)40)15-20-4-2-1-3-5-20/h1-13,18-19,23,26H,14-17H2,(H,33,38)(H,39,40). The summed E-state index contributed by atoms with van der Waals surface area (Å²) in [6.45, 7) is 0.0304. The van der Waals surface area contributed by atoms with Gasteiger partial charge in [0, 0.05) is 18.8 Å². The lowest BCUT2D eigenvalue weighted by atomic mass is 10.1. The lowest BCUT2D eigenvalue weighted by molar-refractivity contribution is -0.137. The Morgan fingerprint density at radius 1 is 1.00 bits per heavy atom. The molecule has 0 spiro atoms. The molecule has 1 saturated heterocycles. The maximum absolute atomic E-state index is 13.5. The second kappa shape index (κ2) is 12.3. The number of ether oxygens (including phenoxy) is 1. The van der Waals surface area contributed by atoms with E-state index >= 15 is 0 Å². The summed E-state index contributed by atoms with van der Waals surface area (Å²) in [6.07, 6.45) is 1.69. The Morgan fingerprint density at radius 3 is 2.32 bits per heavy atom. The molecular weight excluding hydrogens is 531 g/mol. The fourth-order valence-electron chi connectivity index (χ4n) is 4.71. The summed E-state index contributed by atoms with van der Waals surface area (Å²) in [4.78, 5) is 45.5. The zero-order chi connectivity index (χ0) is 28.8. The predicted octanol–water partition coefficient (Wildman–Crippen LogP) is 4.00. The molecule has 2 atom stereocenters. The number of nitrogens with one attached hydrogen (secondary N) is 1. The summed E-state index contributed by atoms with van der Waals surface area (Å²) >= 11 is 0. The average Bonchev–Trinajstić information content (AvgIpc) is 3.65. The van der Waals surface area contributed by atoms with Crippen molar-refractivity contribution in [1.82, 2.24) is 24.6 Å². The number of hydrogen-bond donors (Lipinski definition) is 2. The number of halogens is 1. The molecular formula is C29H27FN6O5. The zero-order valence-electron chi connectivity index (χ0n) is 21.8. The van der Waals surface area contributed by atoms with Gasteiger partial charge in [-0.3, -0.25) is 14.5 Å². The predicted molar refractivity (Wildman–Crippen MR) is 145 cm³/mol. The van der Waals surface area contributed by atoms with Crippen molar-refractivity contribution in [2.75, 3.05) is 11.9 Å². The molecule has 2 heterocycles. The van der Waals surface area contributed by atoms with Crippen molar-refractivity contribution in [3.63, 3.8) is 0 Å². The van der Waals surface area contributed by atoms with E-state index in [4.69, 9.17) is 4.74 Å². The summed E-state index contributed by atoms with van der Waals surface area (Å²) in [5.41, 5.74) is 1.26. The number of benzene rings is 3. The second-order valence-corrected chi connectivity index (χ2v) is 9.51. The number of amides is 3. The molecule has 3 aromatic carbocycles. The molecule has 1 aliphatic rings. The summed E-state index contributed by atoms with van der Waals surface area (Å²) in [5, 5.41) is 16.8. The van der Waals surface area contributed by atoms with Gasteiger partial charge in [-0.25, -0.2) is 18.9 Å². The second-order valence-electron chi connectivity index (χ2n) is 9.51. The summed E-state index contributed by atoms with van der Waals surface area (Å²) in [6, 6.07) is 19.8. The van der Waals surface area contributed by atoms with Crippen molar-refractivity contribution in [3.8, 4) is 11.5 Å². The van der Waals surface area contributed by atoms with Gasteiger partial charge in [0.1, 0.15) is 42.6 Å². The number of nitrogens with zero attached hydrogens (tertiary/aromatic N) is 5. The van der Waals surface area contributed by atoms with Crippen LogP contribution in [0.3, 0.4) is 0 Å². The molecule has 1 aliphatic heterocycles. The molecule has 2 N–H and O–H groups in total. The fraction of sp³-hybridized carbons (Fsp3) is 0.207. The number of likely N-dealkylation sites (tertiary alicyclic amines) is 1. The van der Waals surface area contributed by atoms with Crippen molar-refractivity contribution in [2.45, 2.75) is 31.6 Å². The number of carbonyl (C=O) groups is 3. The van der Waals surface area contributed by atoms with Crippen molar-refractivity contribution in [2.24, 2.45) is 0 Å². The molecule has 210 valence electrons. The van der Waals surface area contributed by atoms with Crippen molar-refractivity contribution >= 4 is 23.6 Å². The van der Waals surface area contributed by atoms with Crippen LogP contribution in [-0.2, 0) is 22.7 Å². The molecule has 1 aromatic heterocycles. The molecule has 3 amide bonds. The fourth-order valence-corrected chi connectivity index (χ4v) is 4.71. The van der Waals surface area contributed by atoms with Crippen LogP contribution in [0.2, 0.25) is 0 Å². The normalized spacial score (nSPS) is 16.3. The summed E-state index contributed by atoms with van der Waals surface area (Å²) in [5.74, 6) is -0.258. The molecule has 41 heavy (non-hydrogen) atoms. The van der Waals surface area contributed by atoms with Crippen LogP contribution < -0.4 is 10.1 Å². The Hall–Kier alpha value is -5.26. The first-order chi connectivity index (χ1) is 19.9. The maximum Gasteiger partial charge on any atom is 0.407 e. The minimum absolute atomic E-state index is 0.0508. The highest BCUT2D eigenvalue weighted by Crippen LogP contribution is 2.27. The van der Waals surface area contributed by atoms with Crippen LogP contribution in [0, 0.1) is 5.82 Å². The number of carbonyl (C=O) groups excluding carboxylic acids is 2. The number of hydrogen-bond acceptors (Lipinski definition) is 6. The molecule has 0 radical (unpaired) electrons. The third kappa shape index (κ3) is 6.85. The SMILES string of the molecule is O=C(Nc1ccc(Oc2ccc(F)cc2)cc1)C1CC(N(Cc2ccccc2)C(=O)O)CN1C(=O)Cn1cncn1. The van der Waals surface area contributed by atoms with Gasteiger partial charge in [0.15, 0.2) is 0 Å². The van der Waals surface area contributed by atoms with Gasteiger partial charge in [-0.1, -0.05) is 30.3 Å². The van der Waals surface area contributed by atoms with E-state index in [1.807, 2.05) is 30.3 Å². The Bertz CT molecular complexity index is 1480. The quantitative estimate of drug-likeness (QED) is 0.318. The zero-order valence-corrected chi connectivity index (χ0v) is 21.8. The third-order valence-electron chi connectivity index (χ3n) is 6.72. The molecule has 0 aliphatic carbocycles. The lowest BCUT2D eigenvalue weighted by Crippen LogP contribution is -2.45. The molecule has 4 aromatic rings. The molecule has 0 bridgehead atoms. The summed E-state index contributed by atoms with van der Waals surface area (Å²) in [7, 11) is 0. The Kier molecular flexibility index (Phi) is 8.18. The van der Waals surface area contributed by atoms with Gasteiger partial charge in [0.2, 0.25) is 11.8 Å². The van der Waals surface area contributed by atoms with Gasteiger partial charge in [0.05, 0.1) is 6.04 Å². The average molecular weight is 559 g/mol. The molecule has 5 rings (SSSR count). The monoisotopic (exact) mass is 558 g/mol. The lowest BCUT2D eigenvalue weighted by Gasteiger charge is -2.26. The first kappa shape index (κ1) is 27.3. The van der Waals surface area contributed by atoms with Gasteiger partial charge in [0.25, 0.3) is 0 Å². The minimum Gasteiger partial charge on any atom is -0.465 e. The molecule has 2 unspecified atom stereocenters. The van der Waals surface area contributed by atoms with Gasteiger partial charge < -0.3 is 20.1 Å². The van der Waals surface area contributed by atoms with Crippen LogP contribution in [0.15, 0.2) is 91.5 Å². The van der Waals surface area contributed by atoms with Gasteiger partial charge >= 0.3 is 6.09 Å². The maximum atomic E-state index is 13.5. The number of anilines is 1. The Balaban J connectivity index is 1.31. The number of aromatic nitrogens is 3. The van der Waals surface area contributed by atoms with Crippen LogP contribution >= 0.6 is 0 Å². The van der Waals surface area contributed by atoms with Crippen molar-refractivity contribution < 1.29 is 28.6 Å². The number of carboxylic acid groups (broad SMARTS) is 1. The van der Waals surface area contributed by atoms with E-state index in [0.717, 1.165) is 5.56 Å². The van der Waals surface area contributed by atoms with E-state index in [9.17, 15) is 23.9 Å². The summed E-state index contributed by atoms with van der Waals surface area (Å²) < 4.78 is 20.2. The minimum atomic E-state index is -1.14. The van der Waals surface area contributed by atoms with E-state index in [-0.39, 0.29) is 37.8 Å². The van der Waals surface area contributed by atoms with E-state index in [2.05, 4.69) is 15.4 Å². The number of rotatable bonds is 9. The molecule has 12 heteroatoms. The highest BCUT2D eigenvalue weighted by molar-refractivity contribution is 5.97. The third-order valence-corrected chi connectivity index (χ3v) is 6.72. The van der Waals surface area contributed by atoms with Crippen molar-refractivity contribution in [1.29, 1.82) is 0 Å². The topological polar surface area (TPSA) is 130 Å². The van der Waals surface area contributed by atoms with Crippen molar-refractivity contribution in [3.05, 3.63) is 103 Å². The molecule has 11 nitrogen and oxygen atoms in total. The highest BCUT2D eigenvalue weighted by atomic mass is 19.1. The highest BCUT2D eigenvalue weighted by Gasteiger charge is 2.43. The van der Waals surface area contributed by atoms with Crippen LogP contribution in [0.5, 0.6) is 11.5 Å². The van der Waals surface area contributed by atoms with E-state index in [0.29, 0.717) is 17.2 Å². The van der Waals surface area contributed by atoms with Gasteiger partial charge in [-0.2, -0.15) is 5.10 Å². The Labute approximate surface area is 234 Å². The first-order valence-corrected chi connectivity index (χ1v) is 12.9. The smallest absolute Gasteiger partial charge is 0.407 e. The van der Waals surface area contributed by atoms with E-state index < -0.39 is 24.1 Å². The van der Waals surface area contributed by atoms with E-state index in [1.54, 1.807) is 24.3 Å². The first-order valence-electron chi connectivity index (χ1n) is 12.9. The van der Waals surface area contributed by atoms with Crippen LogP contribution in [0.4, 0.5) is 14.9 Å². The molecule has 0 saturated carbocycles.